The van der Waals surface area contributed by atoms with Crippen molar-refractivity contribution < 1.29 is 18.6 Å². The molecule has 1 aliphatic carbocycles. The van der Waals surface area contributed by atoms with Crippen molar-refractivity contribution in [1.82, 2.24) is 9.88 Å². The van der Waals surface area contributed by atoms with Crippen molar-refractivity contribution >= 4 is 7.37 Å². The standard InChI is InChI=1S/C32H42FN2O3P/c1-21(2)35(22(3)4)18-27-15-24(10-13-29(27)30-14-23(5)34-17-32(30)33)19-38-28-9-7-8-26(16-28)31(25-11-12-25)20-39(6,36)37/h7-10,13-17,21-22,25,31H,11-12,18-20H2,1-6H3,(H,36,37). The van der Waals surface area contributed by atoms with Crippen molar-refractivity contribution in [3.05, 3.63) is 82.9 Å². The summed E-state index contributed by atoms with van der Waals surface area (Å²) in [5.74, 6) is 0.970. The predicted octanol–water partition coefficient (Wildman–Crippen LogP) is 7.79. The maximum absolute atomic E-state index is 14.9. The lowest BCUT2D eigenvalue weighted by molar-refractivity contribution is 0.166. The smallest absolute Gasteiger partial charge is 0.198 e. The van der Waals surface area contributed by atoms with Crippen LogP contribution in [0.2, 0.25) is 0 Å². The molecule has 0 aliphatic heterocycles. The third-order valence-electron chi connectivity index (χ3n) is 7.55. The summed E-state index contributed by atoms with van der Waals surface area (Å²) in [6, 6.07) is 16.5. The lowest BCUT2D eigenvalue weighted by Gasteiger charge is -2.31. The van der Waals surface area contributed by atoms with Gasteiger partial charge in [-0.25, -0.2) is 4.39 Å². The van der Waals surface area contributed by atoms with Crippen LogP contribution in [0.15, 0.2) is 54.7 Å². The number of halogens is 1. The molecule has 1 heterocycles. The molecule has 1 aliphatic rings. The maximum Gasteiger partial charge on any atom is 0.198 e. The van der Waals surface area contributed by atoms with Crippen LogP contribution in [0.1, 0.15) is 68.8 Å². The van der Waals surface area contributed by atoms with Gasteiger partial charge in [0, 0.05) is 42.7 Å². The molecule has 1 fully saturated rings. The SMILES string of the molecule is Cc1cc(-c2ccc(COc3cccc(C(CP(C)(=O)O)C4CC4)c3)cc2CN(C(C)C)C(C)C)c(F)cn1. The van der Waals surface area contributed by atoms with Gasteiger partial charge in [-0.2, -0.15) is 0 Å². The number of rotatable bonds is 12. The van der Waals surface area contributed by atoms with Crippen LogP contribution >= 0.6 is 7.37 Å². The number of hydrogen-bond acceptors (Lipinski definition) is 4. The van der Waals surface area contributed by atoms with Crippen LogP contribution in [-0.2, 0) is 17.7 Å². The van der Waals surface area contributed by atoms with Gasteiger partial charge in [-0.15, -0.1) is 0 Å². The third kappa shape index (κ3) is 8.00. The highest BCUT2D eigenvalue weighted by atomic mass is 31.2. The Bertz CT molecular complexity index is 1320. The molecule has 1 N–H and O–H groups in total. The Balaban J connectivity index is 1.60. The lowest BCUT2D eigenvalue weighted by atomic mass is 9.96. The van der Waals surface area contributed by atoms with E-state index in [9.17, 15) is 13.8 Å². The summed E-state index contributed by atoms with van der Waals surface area (Å²) >= 11 is 0. The van der Waals surface area contributed by atoms with Gasteiger partial charge in [-0.1, -0.05) is 30.3 Å². The molecule has 0 radical (unpaired) electrons. The molecule has 1 saturated carbocycles. The summed E-state index contributed by atoms with van der Waals surface area (Å²) < 4.78 is 33.3. The van der Waals surface area contributed by atoms with Crippen molar-refractivity contribution in [1.29, 1.82) is 0 Å². The van der Waals surface area contributed by atoms with Crippen LogP contribution in [0.4, 0.5) is 4.39 Å². The zero-order chi connectivity index (χ0) is 28.3. The highest BCUT2D eigenvalue weighted by molar-refractivity contribution is 7.57. The van der Waals surface area contributed by atoms with E-state index in [2.05, 4.69) is 43.6 Å². The molecule has 5 nitrogen and oxygen atoms in total. The van der Waals surface area contributed by atoms with Gasteiger partial charge >= 0.3 is 0 Å². The van der Waals surface area contributed by atoms with Crippen LogP contribution in [0.5, 0.6) is 5.75 Å². The summed E-state index contributed by atoms with van der Waals surface area (Å²) in [6.07, 6.45) is 3.81. The van der Waals surface area contributed by atoms with Crippen molar-refractivity contribution in [3.8, 4) is 16.9 Å². The Hall–Kier alpha value is -2.53. The van der Waals surface area contributed by atoms with Crippen molar-refractivity contribution in [2.75, 3.05) is 12.8 Å². The average Bonchev–Trinajstić information content (AvgIpc) is 3.71. The van der Waals surface area contributed by atoms with E-state index in [-0.39, 0.29) is 11.7 Å². The third-order valence-corrected chi connectivity index (χ3v) is 8.62. The Kier molecular flexibility index (Phi) is 9.31. The minimum Gasteiger partial charge on any atom is -0.489 e. The molecule has 39 heavy (non-hydrogen) atoms. The van der Waals surface area contributed by atoms with Gasteiger partial charge in [0.25, 0.3) is 0 Å². The first-order chi connectivity index (χ1) is 18.4. The van der Waals surface area contributed by atoms with Crippen molar-refractivity contribution in [3.63, 3.8) is 0 Å². The van der Waals surface area contributed by atoms with Crippen LogP contribution in [0.3, 0.4) is 0 Å². The number of aromatic nitrogens is 1. The van der Waals surface area contributed by atoms with Gasteiger partial charge in [-0.3, -0.25) is 14.4 Å². The van der Waals surface area contributed by atoms with Crippen LogP contribution in [0.25, 0.3) is 11.1 Å². The first kappa shape index (κ1) is 29.5. The quantitative estimate of drug-likeness (QED) is 0.232. The minimum absolute atomic E-state index is 0.0806. The maximum atomic E-state index is 14.9. The van der Waals surface area contributed by atoms with Crippen LogP contribution in [0, 0.1) is 18.7 Å². The first-order valence-corrected chi connectivity index (χ1v) is 16.2. The summed E-state index contributed by atoms with van der Waals surface area (Å²) in [6.45, 7) is 13.1. The predicted molar refractivity (Wildman–Crippen MR) is 157 cm³/mol. The fourth-order valence-electron chi connectivity index (χ4n) is 5.43. The van der Waals surface area contributed by atoms with Gasteiger partial charge in [0.05, 0.1) is 6.20 Å². The first-order valence-electron chi connectivity index (χ1n) is 13.9. The molecule has 1 aromatic heterocycles. The second kappa shape index (κ2) is 12.3. The molecule has 2 aromatic carbocycles. The molecule has 0 spiro atoms. The van der Waals surface area contributed by atoms with Gasteiger partial charge < -0.3 is 9.63 Å². The minimum atomic E-state index is -3.12. The molecular weight excluding hydrogens is 510 g/mol. The fourth-order valence-corrected chi connectivity index (χ4v) is 6.67. The number of aryl methyl sites for hydroxylation is 1. The Morgan fingerprint density at radius 2 is 1.79 bits per heavy atom. The normalized spacial score (nSPS) is 16.1. The van der Waals surface area contributed by atoms with E-state index in [1.54, 1.807) is 0 Å². The largest absolute Gasteiger partial charge is 0.489 e. The second-order valence-corrected chi connectivity index (χ2v) is 14.2. The van der Waals surface area contributed by atoms with Crippen molar-refractivity contribution in [2.45, 2.75) is 78.6 Å². The number of hydrogen-bond donors (Lipinski definition) is 1. The molecule has 2 atom stereocenters. The number of ether oxygens (including phenoxy) is 1. The molecule has 4 rings (SSSR count). The zero-order valence-electron chi connectivity index (χ0n) is 24.0. The molecule has 0 amide bonds. The topological polar surface area (TPSA) is 62.7 Å². The van der Waals surface area contributed by atoms with E-state index in [1.807, 2.05) is 49.4 Å². The fraction of sp³-hybridized carbons (Fsp3) is 0.469. The van der Waals surface area contributed by atoms with Gasteiger partial charge in [0.1, 0.15) is 18.2 Å². The highest BCUT2D eigenvalue weighted by Gasteiger charge is 2.35. The molecule has 7 heteroatoms. The molecular formula is C32H42FN2O3P. The van der Waals surface area contributed by atoms with E-state index in [0.29, 0.717) is 42.9 Å². The number of nitrogens with zero attached hydrogens (tertiary/aromatic N) is 2. The zero-order valence-corrected chi connectivity index (χ0v) is 24.9. The van der Waals surface area contributed by atoms with E-state index in [1.165, 1.54) is 12.9 Å². The van der Waals surface area contributed by atoms with Gasteiger partial charge in [0.15, 0.2) is 7.37 Å². The van der Waals surface area contributed by atoms with E-state index in [0.717, 1.165) is 46.5 Å². The Morgan fingerprint density at radius 3 is 2.44 bits per heavy atom. The molecule has 0 bridgehead atoms. The van der Waals surface area contributed by atoms with E-state index >= 15 is 0 Å². The second-order valence-electron chi connectivity index (χ2n) is 11.7. The van der Waals surface area contributed by atoms with Gasteiger partial charge in [-0.05, 0) is 99.7 Å². The molecule has 3 aromatic rings. The molecule has 2 unspecified atom stereocenters. The molecule has 0 saturated heterocycles. The molecule has 210 valence electrons. The van der Waals surface area contributed by atoms with E-state index in [4.69, 9.17) is 4.74 Å². The summed E-state index contributed by atoms with van der Waals surface area (Å²) in [4.78, 5) is 16.5. The lowest BCUT2D eigenvalue weighted by Crippen LogP contribution is -2.36. The van der Waals surface area contributed by atoms with Crippen LogP contribution < -0.4 is 4.74 Å². The van der Waals surface area contributed by atoms with Crippen molar-refractivity contribution in [2.24, 2.45) is 5.92 Å². The Morgan fingerprint density at radius 1 is 1.08 bits per heavy atom. The Labute approximate surface area is 232 Å². The van der Waals surface area contributed by atoms with E-state index < -0.39 is 7.37 Å². The average molecular weight is 553 g/mol. The van der Waals surface area contributed by atoms with Crippen LogP contribution in [-0.4, -0.2) is 39.7 Å². The number of benzene rings is 2. The highest BCUT2D eigenvalue weighted by Crippen LogP contribution is 2.50. The number of pyridine rings is 1. The summed E-state index contributed by atoms with van der Waals surface area (Å²) in [5, 5.41) is 0. The van der Waals surface area contributed by atoms with Gasteiger partial charge in [0.2, 0.25) is 0 Å². The summed E-state index contributed by atoms with van der Waals surface area (Å²) in [7, 11) is -3.12. The summed E-state index contributed by atoms with van der Waals surface area (Å²) in [5.41, 5.74) is 5.33. The monoisotopic (exact) mass is 552 g/mol.